The third-order valence-corrected chi connectivity index (χ3v) is 3.72. The summed E-state index contributed by atoms with van der Waals surface area (Å²) in [6.07, 6.45) is 1.76. The van der Waals surface area contributed by atoms with Crippen LogP contribution >= 0.6 is 0 Å². The van der Waals surface area contributed by atoms with Crippen LogP contribution < -0.4 is 5.32 Å². The largest absolute Gasteiger partial charge is 0.362 e. The number of carbonyl (C=O) groups is 2. The van der Waals surface area contributed by atoms with Gasteiger partial charge in [-0.3, -0.25) is 14.9 Å². The first-order valence-corrected chi connectivity index (χ1v) is 4.75. The Morgan fingerprint density at radius 3 is 2.86 bits per heavy atom. The highest BCUT2D eigenvalue weighted by molar-refractivity contribution is 6.07. The standard InChI is InChI=1S/C10H11NO3/c1-4-3-5-6-7(10(4,2)14-5)9(13)11-8(6)12/h3,5-7H,1-2H3,(H,11,12,13)/t5-,6-,7+,10+/m1/s1. The van der Waals surface area contributed by atoms with Gasteiger partial charge in [0.15, 0.2) is 0 Å². The van der Waals surface area contributed by atoms with Crippen LogP contribution in [-0.2, 0) is 14.3 Å². The molecule has 2 fully saturated rings. The molecule has 0 unspecified atom stereocenters. The van der Waals surface area contributed by atoms with Gasteiger partial charge in [0.05, 0.1) is 23.5 Å². The van der Waals surface area contributed by atoms with Gasteiger partial charge in [-0.2, -0.15) is 0 Å². The van der Waals surface area contributed by atoms with Gasteiger partial charge >= 0.3 is 0 Å². The molecule has 0 spiro atoms. The number of fused-ring (bicyclic) bond motifs is 5. The van der Waals surface area contributed by atoms with Crippen LogP contribution in [0.25, 0.3) is 0 Å². The number of amides is 2. The molecule has 0 aromatic carbocycles. The van der Waals surface area contributed by atoms with Crippen molar-refractivity contribution in [2.45, 2.75) is 25.6 Å². The third kappa shape index (κ3) is 0.661. The quantitative estimate of drug-likeness (QED) is 0.435. The molecule has 2 amide bonds. The van der Waals surface area contributed by atoms with Crippen molar-refractivity contribution < 1.29 is 14.3 Å². The number of hydrogen-bond acceptors (Lipinski definition) is 3. The molecule has 0 saturated carbocycles. The monoisotopic (exact) mass is 193 g/mol. The summed E-state index contributed by atoms with van der Waals surface area (Å²) in [6.45, 7) is 3.84. The molecule has 4 atom stereocenters. The second kappa shape index (κ2) is 2.08. The van der Waals surface area contributed by atoms with Crippen LogP contribution in [-0.4, -0.2) is 23.5 Å². The van der Waals surface area contributed by atoms with Gasteiger partial charge < -0.3 is 4.74 Å². The van der Waals surface area contributed by atoms with Crippen LogP contribution in [0.15, 0.2) is 11.6 Å². The van der Waals surface area contributed by atoms with Gasteiger partial charge in [0.1, 0.15) is 0 Å². The molecule has 74 valence electrons. The van der Waals surface area contributed by atoms with E-state index in [4.69, 9.17) is 4.74 Å². The Balaban J connectivity index is 2.15. The Morgan fingerprint density at radius 2 is 2.14 bits per heavy atom. The molecule has 3 aliphatic heterocycles. The van der Waals surface area contributed by atoms with Gasteiger partial charge in [-0.15, -0.1) is 0 Å². The Kier molecular flexibility index (Phi) is 1.22. The summed E-state index contributed by atoms with van der Waals surface area (Å²) in [5.74, 6) is -0.976. The molecule has 0 radical (unpaired) electrons. The first kappa shape index (κ1) is 8.17. The Morgan fingerprint density at radius 1 is 1.43 bits per heavy atom. The van der Waals surface area contributed by atoms with Gasteiger partial charge in [0, 0.05) is 0 Å². The summed E-state index contributed by atoms with van der Waals surface area (Å²) >= 11 is 0. The lowest BCUT2D eigenvalue weighted by Gasteiger charge is -2.27. The number of hydrogen-bond donors (Lipinski definition) is 1. The topological polar surface area (TPSA) is 55.4 Å². The van der Waals surface area contributed by atoms with Crippen molar-refractivity contribution in [1.82, 2.24) is 5.32 Å². The van der Waals surface area contributed by atoms with E-state index in [1.54, 1.807) is 0 Å². The van der Waals surface area contributed by atoms with Crippen molar-refractivity contribution in [2.24, 2.45) is 11.8 Å². The minimum Gasteiger partial charge on any atom is -0.362 e. The number of ether oxygens (including phenoxy) is 1. The fourth-order valence-electron chi connectivity index (χ4n) is 2.85. The molecule has 0 aliphatic carbocycles. The van der Waals surface area contributed by atoms with Gasteiger partial charge in [-0.05, 0) is 19.4 Å². The maximum absolute atomic E-state index is 11.6. The van der Waals surface area contributed by atoms with Crippen molar-refractivity contribution in [3.8, 4) is 0 Å². The highest BCUT2D eigenvalue weighted by atomic mass is 16.5. The molecule has 0 aromatic rings. The highest BCUT2D eigenvalue weighted by Gasteiger charge is 2.65. The van der Waals surface area contributed by atoms with Crippen LogP contribution in [0.3, 0.4) is 0 Å². The number of carbonyl (C=O) groups excluding carboxylic acids is 2. The summed E-state index contributed by atoms with van der Waals surface area (Å²) in [4.78, 5) is 23.0. The zero-order valence-electron chi connectivity index (χ0n) is 8.03. The van der Waals surface area contributed by atoms with Crippen molar-refractivity contribution in [2.75, 3.05) is 0 Å². The first-order chi connectivity index (χ1) is 6.54. The zero-order chi connectivity index (χ0) is 10.1. The molecule has 14 heavy (non-hydrogen) atoms. The van der Waals surface area contributed by atoms with Crippen LogP contribution in [0, 0.1) is 11.8 Å². The molecule has 3 rings (SSSR count). The number of nitrogens with one attached hydrogen (secondary N) is 1. The van der Waals surface area contributed by atoms with E-state index in [1.807, 2.05) is 19.9 Å². The molecular weight excluding hydrogens is 182 g/mol. The minimum absolute atomic E-state index is 0.183. The summed E-state index contributed by atoms with van der Waals surface area (Å²) in [7, 11) is 0. The summed E-state index contributed by atoms with van der Waals surface area (Å²) in [5.41, 5.74) is 0.513. The van der Waals surface area contributed by atoms with E-state index in [9.17, 15) is 9.59 Å². The molecule has 4 heteroatoms. The maximum Gasteiger partial charge on any atom is 0.233 e. The second-order valence-electron chi connectivity index (χ2n) is 4.40. The summed E-state index contributed by atoms with van der Waals surface area (Å²) in [6, 6.07) is 0. The molecular formula is C10H11NO3. The highest BCUT2D eigenvalue weighted by Crippen LogP contribution is 2.52. The average molecular weight is 193 g/mol. The van der Waals surface area contributed by atoms with Crippen LogP contribution in [0.2, 0.25) is 0 Å². The van der Waals surface area contributed by atoms with Crippen molar-refractivity contribution in [3.05, 3.63) is 11.6 Å². The summed E-state index contributed by atoms with van der Waals surface area (Å²) in [5, 5.41) is 2.37. The number of rotatable bonds is 0. The Labute approximate surface area is 81.3 Å². The predicted molar refractivity (Wildman–Crippen MR) is 47.2 cm³/mol. The van der Waals surface area contributed by atoms with E-state index in [-0.39, 0.29) is 29.8 Å². The van der Waals surface area contributed by atoms with E-state index in [2.05, 4.69) is 5.32 Å². The average Bonchev–Trinajstić information content (AvgIpc) is 2.62. The fraction of sp³-hybridized carbons (Fsp3) is 0.600. The second-order valence-corrected chi connectivity index (χ2v) is 4.40. The molecule has 4 nitrogen and oxygen atoms in total. The molecule has 0 aromatic heterocycles. The van der Waals surface area contributed by atoms with Gasteiger partial charge in [-0.25, -0.2) is 0 Å². The van der Waals surface area contributed by atoms with E-state index < -0.39 is 5.60 Å². The van der Waals surface area contributed by atoms with Crippen molar-refractivity contribution in [3.63, 3.8) is 0 Å². The smallest absolute Gasteiger partial charge is 0.233 e. The van der Waals surface area contributed by atoms with Gasteiger partial charge in [-0.1, -0.05) is 6.08 Å². The zero-order valence-corrected chi connectivity index (χ0v) is 8.03. The van der Waals surface area contributed by atoms with E-state index in [0.29, 0.717) is 0 Å². The molecule has 1 N–H and O–H groups in total. The van der Waals surface area contributed by atoms with Crippen LogP contribution in [0.5, 0.6) is 0 Å². The van der Waals surface area contributed by atoms with Gasteiger partial charge in [0.25, 0.3) is 0 Å². The Hall–Kier alpha value is -1.16. The van der Waals surface area contributed by atoms with E-state index in [0.717, 1.165) is 5.57 Å². The number of imide groups is 1. The van der Waals surface area contributed by atoms with Crippen molar-refractivity contribution >= 4 is 11.8 Å². The SMILES string of the molecule is CC1=C[C@H]2O[C@]1(C)[C@@H]1C(=O)NC(=O)[C@@H]12. The molecule has 2 bridgehead atoms. The fourth-order valence-corrected chi connectivity index (χ4v) is 2.85. The Bertz CT molecular complexity index is 387. The lowest BCUT2D eigenvalue weighted by atomic mass is 9.74. The third-order valence-electron chi connectivity index (χ3n) is 3.72. The maximum atomic E-state index is 11.6. The van der Waals surface area contributed by atoms with E-state index in [1.165, 1.54) is 0 Å². The van der Waals surface area contributed by atoms with Crippen molar-refractivity contribution in [1.29, 1.82) is 0 Å². The molecule has 3 aliphatic rings. The van der Waals surface area contributed by atoms with Crippen LogP contribution in [0.1, 0.15) is 13.8 Å². The molecule has 2 saturated heterocycles. The predicted octanol–water partition coefficient (Wildman–Crippen LogP) is -0.00740. The lowest BCUT2D eigenvalue weighted by molar-refractivity contribution is -0.130. The van der Waals surface area contributed by atoms with Gasteiger partial charge in [0.2, 0.25) is 11.8 Å². The minimum atomic E-state index is -0.550. The normalized spacial score (nSPS) is 49.3. The van der Waals surface area contributed by atoms with E-state index >= 15 is 0 Å². The summed E-state index contributed by atoms with van der Waals surface area (Å²) < 4.78 is 5.71. The first-order valence-electron chi connectivity index (χ1n) is 4.75. The lowest BCUT2D eigenvalue weighted by Crippen LogP contribution is -2.39. The van der Waals surface area contributed by atoms with Crippen LogP contribution in [0.4, 0.5) is 0 Å². The molecule has 3 heterocycles.